The first-order valence-corrected chi connectivity index (χ1v) is 13.6. The number of para-hydroxylation sites is 3. The maximum absolute atomic E-state index is 14.1. The number of carbonyl (C=O) groups is 2. The highest BCUT2D eigenvalue weighted by Crippen LogP contribution is 2.42. The maximum Gasteiger partial charge on any atom is 0.326 e. The quantitative estimate of drug-likeness (QED) is 0.356. The number of piperidine rings is 1. The molecule has 1 atom stereocenters. The van der Waals surface area contributed by atoms with Crippen LogP contribution < -0.4 is 10.6 Å². The molecule has 4 aromatic rings. The van der Waals surface area contributed by atoms with Crippen LogP contribution in [0.15, 0.2) is 89.7 Å². The van der Waals surface area contributed by atoms with Gasteiger partial charge in [0.15, 0.2) is 0 Å². The average molecular weight is 524 g/mol. The smallest absolute Gasteiger partial charge is 0.326 e. The van der Waals surface area contributed by atoms with E-state index in [-0.39, 0.29) is 11.6 Å². The molecule has 2 aliphatic heterocycles. The first-order valence-electron chi connectivity index (χ1n) is 13.6. The van der Waals surface area contributed by atoms with Gasteiger partial charge in [0.1, 0.15) is 17.9 Å². The lowest BCUT2D eigenvalue weighted by Gasteiger charge is -2.43. The van der Waals surface area contributed by atoms with E-state index in [4.69, 9.17) is 0 Å². The number of benzene rings is 3. The first kappa shape index (κ1) is 25.1. The first-order chi connectivity index (χ1) is 19.1. The van der Waals surface area contributed by atoms with Gasteiger partial charge in [-0.05, 0) is 55.6 Å². The number of amides is 1. The third-order valence-electron chi connectivity index (χ3n) is 8.36. The van der Waals surface area contributed by atoms with E-state index < -0.39 is 11.6 Å². The lowest BCUT2D eigenvalue weighted by Crippen LogP contribution is -2.56. The number of hydrogen-bond acceptors (Lipinski definition) is 5. The summed E-state index contributed by atoms with van der Waals surface area (Å²) >= 11 is 0. The minimum absolute atomic E-state index is 0.0253. The molecule has 0 aliphatic carbocycles. The lowest BCUT2D eigenvalue weighted by molar-refractivity contribution is -0.138. The van der Waals surface area contributed by atoms with Crippen molar-refractivity contribution in [2.75, 3.05) is 31.2 Å². The number of aromatic amines is 1. The Balaban J connectivity index is 1.18. The van der Waals surface area contributed by atoms with Gasteiger partial charge in [-0.25, -0.2) is 4.79 Å². The van der Waals surface area contributed by atoms with Crippen LogP contribution in [-0.2, 0) is 16.1 Å². The zero-order chi connectivity index (χ0) is 26.8. The largest absolute Gasteiger partial charge is 0.339 e. The Morgan fingerprint density at radius 1 is 0.846 bits per heavy atom. The number of carbonyl (C=O) groups excluding carboxylic acids is 2. The van der Waals surface area contributed by atoms with Crippen molar-refractivity contribution < 1.29 is 9.59 Å². The number of anilines is 1. The highest BCUT2D eigenvalue weighted by molar-refractivity contribution is 5.95. The highest BCUT2D eigenvalue weighted by atomic mass is 16.2. The van der Waals surface area contributed by atoms with Gasteiger partial charge in [0.25, 0.3) is 5.91 Å². The second-order valence-corrected chi connectivity index (χ2v) is 10.5. The number of aldehydes is 1. The van der Waals surface area contributed by atoms with Crippen molar-refractivity contribution in [2.45, 2.75) is 37.4 Å². The number of likely N-dealkylation sites (tertiary alicyclic amines) is 1. The van der Waals surface area contributed by atoms with E-state index in [1.54, 1.807) is 9.47 Å². The highest BCUT2D eigenvalue weighted by Gasteiger charge is 2.55. The van der Waals surface area contributed by atoms with Gasteiger partial charge in [0.05, 0.1) is 17.7 Å². The maximum atomic E-state index is 14.1. The van der Waals surface area contributed by atoms with Crippen LogP contribution in [0.1, 0.15) is 30.9 Å². The van der Waals surface area contributed by atoms with Crippen LogP contribution >= 0.6 is 0 Å². The Kier molecular flexibility index (Phi) is 6.79. The third kappa shape index (κ3) is 4.55. The van der Waals surface area contributed by atoms with E-state index in [2.05, 4.69) is 14.8 Å². The van der Waals surface area contributed by atoms with E-state index in [0.29, 0.717) is 26.1 Å². The van der Waals surface area contributed by atoms with Gasteiger partial charge < -0.3 is 24.5 Å². The van der Waals surface area contributed by atoms with Crippen molar-refractivity contribution in [3.05, 3.63) is 101 Å². The van der Waals surface area contributed by atoms with Crippen LogP contribution in [0.25, 0.3) is 11.0 Å². The zero-order valence-corrected chi connectivity index (χ0v) is 21.9. The molecule has 2 aliphatic rings. The summed E-state index contributed by atoms with van der Waals surface area (Å²) in [6.07, 6.45) is 3.10. The van der Waals surface area contributed by atoms with Crippen LogP contribution in [0.2, 0.25) is 0 Å². The molecule has 3 heterocycles. The molecule has 8 heteroatoms. The second kappa shape index (κ2) is 10.5. The average Bonchev–Trinajstić information content (AvgIpc) is 3.44. The molecule has 2 fully saturated rings. The fraction of sp³-hybridized carbons (Fsp3) is 0.323. The van der Waals surface area contributed by atoms with E-state index in [1.165, 1.54) is 0 Å². The molecular weight excluding hydrogens is 490 g/mol. The summed E-state index contributed by atoms with van der Waals surface area (Å²) in [4.78, 5) is 48.1. The molecular formula is C31H33N5O3. The fourth-order valence-corrected chi connectivity index (χ4v) is 6.28. The number of hydrogen-bond donors (Lipinski definition) is 1. The Morgan fingerprint density at radius 3 is 2.23 bits per heavy atom. The molecule has 2 saturated heterocycles. The number of nitrogens with one attached hydrogen (secondary N) is 1. The standard InChI is InChI=1S/C31H33N5O3/c37-22-28(24-10-3-1-4-11-24)35-23-36(25-12-5-2-6-13-25)31(29(35)38)16-20-33(21-17-31)18-9-19-34-27-15-8-7-14-26(27)32-30(34)39/h1-8,10-15,22,28H,9,16-21,23H2,(H,32,39). The van der Waals surface area contributed by atoms with Gasteiger partial charge in [0, 0.05) is 25.3 Å². The molecule has 1 amide bonds. The summed E-state index contributed by atoms with van der Waals surface area (Å²) in [5, 5.41) is 0. The predicted molar refractivity (Wildman–Crippen MR) is 151 cm³/mol. The minimum Gasteiger partial charge on any atom is -0.339 e. The number of nitrogens with zero attached hydrogens (tertiary/aromatic N) is 4. The zero-order valence-electron chi connectivity index (χ0n) is 21.9. The molecule has 1 spiro atoms. The number of aryl methyl sites for hydroxylation is 1. The Labute approximate surface area is 227 Å². The molecule has 6 rings (SSSR count). The molecule has 39 heavy (non-hydrogen) atoms. The van der Waals surface area contributed by atoms with Gasteiger partial charge in [-0.1, -0.05) is 60.7 Å². The molecule has 1 aromatic heterocycles. The Bertz CT molecular complexity index is 1510. The van der Waals surface area contributed by atoms with Crippen LogP contribution in [-0.4, -0.2) is 63.4 Å². The summed E-state index contributed by atoms with van der Waals surface area (Å²) < 4.78 is 1.80. The van der Waals surface area contributed by atoms with E-state index in [9.17, 15) is 14.4 Å². The van der Waals surface area contributed by atoms with Crippen molar-refractivity contribution in [3.63, 3.8) is 0 Å². The van der Waals surface area contributed by atoms with Gasteiger partial charge >= 0.3 is 5.69 Å². The van der Waals surface area contributed by atoms with Gasteiger partial charge in [-0.3, -0.25) is 9.36 Å². The van der Waals surface area contributed by atoms with Crippen molar-refractivity contribution in [2.24, 2.45) is 0 Å². The molecule has 1 N–H and O–H groups in total. The van der Waals surface area contributed by atoms with Crippen molar-refractivity contribution in [1.29, 1.82) is 0 Å². The second-order valence-electron chi connectivity index (χ2n) is 10.5. The predicted octanol–water partition coefficient (Wildman–Crippen LogP) is 3.80. The molecule has 0 saturated carbocycles. The van der Waals surface area contributed by atoms with Crippen LogP contribution in [0.3, 0.4) is 0 Å². The van der Waals surface area contributed by atoms with Crippen LogP contribution in [0.4, 0.5) is 5.69 Å². The molecule has 0 bridgehead atoms. The normalized spacial score (nSPS) is 18.2. The van der Waals surface area contributed by atoms with Crippen molar-refractivity contribution in [1.82, 2.24) is 19.4 Å². The number of rotatable bonds is 8. The summed E-state index contributed by atoms with van der Waals surface area (Å²) in [5.41, 5.74) is 2.86. The monoisotopic (exact) mass is 523 g/mol. The van der Waals surface area contributed by atoms with Crippen molar-refractivity contribution >= 4 is 28.9 Å². The van der Waals surface area contributed by atoms with Crippen LogP contribution in [0, 0.1) is 0 Å². The molecule has 8 nitrogen and oxygen atoms in total. The minimum atomic E-state index is -0.679. The SMILES string of the molecule is O=CC(c1ccccc1)N1CN(c2ccccc2)C2(CCN(CCCn3c(=O)[nH]c4ccccc43)CC2)C1=O. The fourth-order valence-electron chi connectivity index (χ4n) is 6.28. The Morgan fingerprint density at radius 2 is 1.51 bits per heavy atom. The van der Waals surface area contributed by atoms with E-state index in [1.807, 2.05) is 84.9 Å². The van der Waals surface area contributed by atoms with E-state index >= 15 is 0 Å². The molecule has 1 unspecified atom stereocenters. The number of aromatic nitrogens is 2. The molecule has 0 radical (unpaired) electrons. The summed E-state index contributed by atoms with van der Waals surface area (Å²) in [6, 6.07) is 26.7. The summed E-state index contributed by atoms with van der Waals surface area (Å²) in [6.45, 7) is 3.44. The van der Waals surface area contributed by atoms with Crippen LogP contribution in [0.5, 0.6) is 0 Å². The molecule has 200 valence electrons. The number of imidazole rings is 1. The van der Waals surface area contributed by atoms with Gasteiger partial charge in [-0.2, -0.15) is 0 Å². The number of H-pyrrole nitrogens is 1. The van der Waals surface area contributed by atoms with E-state index in [0.717, 1.165) is 54.6 Å². The topological polar surface area (TPSA) is 81.7 Å². The van der Waals surface area contributed by atoms with Gasteiger partial charge in [-0.15, -0.1) is 0 Å². The van der Waals surface area contributed by atoms with Crippen molar-refractivity contribution in [3.8, 4) is 0 Å². The molecule has 3 aromatic carbocycles. The lowest BCUT2D eigenvalue weighted by atomic mass is 9.85. The summed E-state index contributed by atoms with van der Waals surface area (Å²) in [7, 11) is 0. The third-order valence-corrected chi connectivity index (χ3v) is 8.36. The van der Waals surface area contributed by atoms with Gasteiger partial charge in [0.2, 0.25) is 0 Å². The Hall–Kier alpha value is -4.17. The summed E-state index contributed by atoms with van der Waals surface area (Å²) in [5.74, 6) is 0.0253. The number of fused-ring (bicyclic) bond motifs is 1.